The van der Waals surface area contributed by atoms with E-state index in [-0.39, 0.29) is 6.61 Å². The normalized spacial score (nSPS) is 10.6. The van der Waals surface area contributed by atoms with Gasteiger partial charge < -0.3 is 5.11 Å². The summed E-state index contributed by atoms with van der Waals surface area (Å²) in [6.07, 6.45) is 2.50. The SMILES string of the molecule is Cc1ncc(CCO)c(-c2ccccc2)c1-c1ccccc1. The third-order valence-corrected chi connectivity index (χ3v) is 3.85. The van der Waals surface area contributed by atoms with Crippen molar-refractivity contribution in [3.05, 3.63) is 78.1 Å². The van der Waals surface area contributed by atoms with Crippen molar-refractivity contribution in [3.63, 3.8) is 0 Å². The maximum atomic E-state index is 9.39. The Morgan fingerprint density at radius 1 is 0.818 bits per heavy atom. The van der Waals surface area contributed by atoms with E-state index in [4.69, 9.17) is 0 Å². The highest BCUT2D eigenvalue weighted by atomic mass is 16.2. The summed E-state index contributed by atoms with van der Waals surface area (Å²) in [6, 6.07) is 20.7. The zero-order chi connectivity index (χ0) is 15.4. The minimum absolute atomic E-state index is 0.124. The number of benzene rings is 2. The summed E-state index contributed by atoms with van der Waals surface area (Å²) in [6.45, 7) is 2.16. The summed E-state index contributed by atoms with van der Waals surface area (Å²) in [7, 11) is 0. The number of hydrogen-bond acceptors (Lipinski definition) is 2. The third kappa shape index (κ3) is 2.78. The van der Waals surface area contributed by atoms with Crippen LogP contribution < -0.4 is 0 Å². The van der Waals surface area contributed by atoms with Crippen molar-refractivity contribution in [3.8, 4) is 22.3 Å². The molecule has 0 radical (unpaired) electrons. The first-order valence-electron chi connectivity index (χ1n) is 7.51. The zero-order valence-electron chi connectivity index (χ0n) is 12.7. The molecular formula is C20H19NO. The van der Waals surface area contributed by atoms with Crippen molar-refractivity contribution in [1.29, 1.82) is 0 Å². The lowest BCUT2D eigenvalue weighted by molar-refractivity contribution is 0.299. The minimum Gasteiger partial charge on any atom is -0.396 e. The van der Waals surface area contributed by atoms with Crippen LogP contribution >= 0.6 is 0 Å². The van der Waals surface area contributed by atoms with Gasteiger partial charge in [-0.3, -0.25) is 4.98 Å². The van der Waals surface area contributed by atoms with Gasteiger partial charge in [0, 0.05) is 24.1 Å². The first-order chi connectivity index (χ1) is 10.8. The van der Waals surface area contributed by atoms with Gasteiger partial charge in [0.25, 0.3) is 0 Å². The van der Waals surface area contributed by atoms with Crippen molar-refractivity contribution in [2.75, 3.05) is 6.61 Å². The Kier molecular flexibility index (Phi) is 4.31. The average molecular weight is 289 g/mol. The number of aryl methyl sites for hydroxylation is 1. The molecule has 0 atom stereocenters. The molecule has 2 heteroatoms. The van der Waals surface area contributed by atoms with E-state index in [9.17, 15) is 5.11 Å². The summed E-state index contributed by atoms with van der Waals surface area (Å²) >= 11 is 0. The van der Waals surface area contributed by atoms with Crippen molar-refractivity contribution in [2.45, 2.75) is 13.3 Å². The number of aromatic nitrogens is 1. The van der Waals surface area contributed by atoms with Gasteiger partial charge in [-0.25, -0.2) is 0 Å². The highest BCUT2D eigenvalue weighted by molar-refractivity contribution is 5.86. The van der Waals surface area contributed by atoms with Crippen LogP contribution in [0.15, 0.2) is 66.9 Å². The zero-order valence-corrected chi connectivity index (χ0v) is 12.7. The molecule has 3 rings (SSSR count). The Morgan fingerprint density at radius 2 is 1.36 bits per heavy atom. The fourth-order valence-electron chi connectivity index (χ4n) is 2.85. The lowest BCUT2D eigenvalue weighted by Gasteiger charge is -2.17. The van der Waals surface area contributed by atoms with E-state index in [1.165, 1.54) is 5.56 Å². The topological polar surface area (TPSA) is 33.1 Å². The van der Waals surface area contributed by atoms with Crippen LogP contribution in [0.2, 0.25) is 0 Å². The first-order valence-corrected chi connectivity index (χ1v) is 7.51. The Bertz CT molecular complexity index is 751. The predicted molar refractivity (Wildman–Crippen MR) is 90.6 cm³/mol. The molecule has 0 aliphatic carbocycles. The van der Waals surface area contributed by atoms with Gasteiger partial charge >= 0.3 is 0 Å². The van der Waals surface area contributed by atoms with Gasteiger partial charge in [0.1, 0.15) is 0 Å². The van der Waals surface area contributed by atoms with Crippen molar-refractivity contribution >= 4 is 0 Å². The Balaban J connectivity index is 2.30. The van der Waals surface area contributed by atoms with Crippen LogP contribution in [-0.4, -0.2) is 16.7 Å². The molecule has 1 N–H and O–H groups in total. The maximum Gasteiger partial charge on any atom is 0.0472 e. The molecule has 2 aromatic carbocycles. The quantitative estimate of drug-likeness (QED) is 0.778. The molecule has 0 bridgehead atoms. The summed E-state index contributed by atoms with van der Waals surface area (Å²) < 4.78 is 0. The van der Waals surface area contributed by atoms with E-state index in [1.54, 1.807) is 0 Å². The van der Waals surface area contributed by atoms with E-state index in [1.807, 2.05) is 49.5 Å². The molecule has 0 aliphatic rings. The van der Waals surface area contributed by atoms with Crippen LogP contribution in [0.25, 0.3) is 22.3 Å². The van der Waals surface area contributed by atoms with Gasteiger partial charge in [-0.15, -0.1) is 0 Å². The summed E-state index contributed by atoms with van der Waals surface area (Å²) in [5.74, 6) is 0. The molecule has 0 fully saturated rings. The number of aliphatic hydroxyl groups excluding tert-OH is 1. The van der Waals surface area contributed by atoms with E-state index in [0.29, 0.717) is 6.42 Å². The molecule has 0 saturated carbocycles. The van der Waals surface area contributed by atoms with Crippen LogP contribution in [0.3, 0.4) is 0 Å². The van der Waals surface area contributed by atoms with Gasteiger partial charge in [0.2, 0.25) is 0 Å². The molecule has 0 amide bonds. The second-order valence-corrected chi connectivity index (χ2v) is 5.32. The number of hydrogen-bond donors (Lipinski definition) is 1. The molecule has 1 heterocycles. The van der Waals surface area contributed by atoms with Crippen molar-refractivity contribution < 1.29 is 5.11 Å². The van der Waals surface area contributed by atoms with E-state index in [2.05, 4.69) is 29.2 Å². The van der Waals surface area contributed by atoms with Gasteiger partial charge in [-0.2, -0.15) is 0 Å². The lowest BCUT2D eigenvalue weighted by Crippen LogP contribution is -2.01. The number of rotatable bonds is 4. The standard InChI is InChI=1S/C20H19NO/c1-15-19(16-8-4-2-5-9-16)20(17-10-6-3-7-11-17)18(12-13-22)14-21-15/h2-11,14,22H,12-13H2,1H3. The highest BCUT2D eigenvalue weighted by Crippen LogP contribution is 2.36. The van der Waals surface area contributed by atoms with Gasteiger partial charge in [0.15, 0.2) is 0 Å². The smallest absolute Gasteiger partial charge is 0.0472 e. The summed E-state index contributed by atoms with van der Waals surface area (Å²) in [5, 5.41) is 9.39. The molecule has 22 heavy (non-hydrogen) atoms. The average Bonchev–Trinajstić information content (AvgIpc) is 2.58. The highest BCUT2D eigenvalue weighted by Gasteiger charge is 2.15. The van der Waals surface area contributed by atoms with E-state index in [0.717, 1.165) is 27.9 Å². The van der Waals surface area contributed by atoms with Gasteiger partial charge in [-0.1, -0.05) is 60.7 Å². The second kappa shape index (κ2) is 6.54. The molecule has 0 aliphatic heterocycles. The van der Waals surface area contributed by atoms with Crippen LogP contribution in [0.4, 0.5) is 0 Å². The minimum atomic E-state index is 0.124. The Morgan fingerprint density at radius 3 is 1.91 bits per heavy atom. The van der Waals surface area contributed by atoms with Gasteiger partial charge in [0.05, 0.1) is 0 Å². The van der Waals surface area contributed by atoms with Crippen molar-refractivity contribution in [1.82, 2.24) is 4.98 Å². The first kappa shape index (κ1) is 14.5. The molecule has 0 unspecified atom stereocenters. The fraction of sp³-hybridized carbons (Fsp3) is 0.150. The largest absolute Gasteiger partial charge is 0.396 e. The van der Waals surface area contributed by atoms with Crippen LogP contribution in [-0.2, 0) is 6.42 Å². The third-order valence-electron chi connectivity index (χ3n) is 3.85. The fourth-order valence-corrected chi connectivity index (χ4v) is 2.85. The molecule has 0 saturated heterocycles. The van der Waals surface area contributed by atoms with E-state index < -0.39 is 0 Å². The molecular weight excluding hydrogens is 270 g/mol. The van der Waals surface area contributed by atoms with Crippen LogP contribution in [0.5, 0.6) is 0 Å². The van der Waals surface area contributed by atoms with Crippen molar-refractivity contribution in [2.24, 2.45) is 0 Å². The molecule has 2 nitrogen and oxygen atoms in total. The van der Waals surface area contributed by atoms with Crippen LogP contribution in [0.1, 0.15) is 11.3 Å². The number of nitrogens with zero attached hydrogens (tertiary/aromatic N) is 1. The molecule has 110 valence electrons. The maximum absolute atomic E-state index is 9.39. The second-order valence-electron chi connectivity index (χ2n) is 5.32. The molecule has 3 aromatic rings. The molecule has 0 spiro atoms. The molecule has 1 aromatic heterocycles. The monoisotopic (exact) mass is 289 g/mol. The summed E-state index contributed by atoms with van der Waals surface area (Å²) in [4.78, 5) is 4.55. The Labute approximate surface area is 131 Å². The summed E-state index contributed by atoms with van der Waals surface area (Å²) in [5.41, 5.74) is 6.73. The number of aliphatic hydroxyl groups is 1. The van der Waals surface area contributed by atoms with E-state index >= 15 is 0 Å². The van der Waals surface area contributed by atoms with Crippen LogP contribution in [0, 0.1) is 6.92 Å². The number of pyridine rings is 1. The lowest BCUT2D eigenvalue weighted by atomic mass is 9.89. The van der Waals surface area contributed by atoms with Gasteiger partial charge in [-0.05, 0) is 35.6 Å². The Hall–Kier alpha value is -2.45. The predicted octanol–water partition coefficient (Wildman–Crippen LogP) is 4.26.